The van der Waals surface area contributed by atoms with E-state index in [2.05, 4.69) is 18.8 Å². The summed E-state index contributed by atoms with van der Waals surface area (Å²) in [6, 6.07) is 9.19. The second-order valence-corrected chi connectivity index (χ2v) is 7.17. The number of fused-ring (bicyclic) bond motifs is 1. The van der Waals surface area contributed by atoms with Crippen LogP contribution in [0.15, 0.2) is 35.1 Å². The molecule has 2 heterocycles. The summed E-state index contributed by atoms with van der Waals surface area (Å²) in [6.45, 7) is 6.05. The molecule has 1 aromatic carbocycles. The lowest BCUT2D eigenvalue weighted by Crippen LogP contribution is -2.46. The average Bonchev–Trinajstić information content (AvgIpc) is 2.60. The molecule has 1 aromatic heterocycles. The summed E-state index contributed by atoms with van der Waals surface area (Å²) in [5.41, 5.74) is 0.630. The van der Waals surface area contributed by atoms with Gasteiger partial charge in [-0.15, -0.1) is 0 Å². The van der Waals surface area contributed by atoms with E-state index in [0.717, 1.165) is 30.2 Å². The molecule has 0 aliphatic carbocycles. The third kappa shape index (κ3) is 4.28. The molecule has 1 amide bonds. The maximum Gasteiger partial charge on any atom is 0.261 e. The zero-order valence-electron chi connectivity index (χ0n) is 15.0. The van der Waals surface area contributed by atoms with Gasteiger partial charge in [0.25, 0.3) is 11.5 Å². The molecule has 134 valence electrons. The lowest BCUT2D eigenvalue weighted by Gasteiger charge is -2.33. The number of rotatable bonds is 5. The van der Waals surface area contributed by atoms with E-state index in [1.54, 1.807) is 11.0 Å². The van der Waals surface area contributed by atoms with E-state index in [1.807, 2.05) is 24.3 Å². The Balaban J connectivity index is 1.72. The van der Waals surface area contributed by atoms with E-state index in [9.17, 15) is 9.59 Å². The Labute approximate surface area is 148 Å². The molecule has 1 atom stereocenters. The SMILES string of the molecule is CC(C)CCC[C@H]1CN(C(=O)c2cc3ccccc3[nH]c2=O)CCO1. The van der Waals surface area contributed by atoms with Crippen LogP contribution in [-0.4, -0.2) is 41.6 Å². The average molecular weight is 342 g/mol. The third-order valence-corrected chi connectivity index (χ3v) is 4.72. The summed E-state index contributed by atoms with van der Waals surface area (Å²) in [5.74, 6) is 0.474. The lowest BCUT2D eigenvalue weighted by atomic mass is 10.0. The van der Waals surface area contributed by atoms with Crippen molar-refractivity contribution < 1.29 is 9.53 Å². The van der Waals surface area contributed by atoms with Crippen molar-refractivity contribution in [3.63, 3.8) is 0 Å². The van der Waals surface area contributed by atoms with Crippen molar-refractivity contribution >= 4 is 16.8 Å². The molecule has 1 N–H and O–H groups in total. The van der Waals surface area contributed by atoms with Crippen LogP contribution in [0.3, 0.4) is 0 Å². The molecule has 0 unspecified atom stereocenters. The fourth-order valence-corrected chi connectivity index (χ4v) is 3.31. The Morgan fingerprint density at radius 1 is 1.36 bits per heavy atom. The number of hydrogen-bond acceptors (Lipinski definition) is 3. The molecule has 0 spiro atoms. The van der Waals surface area contributed by atoms with Crippen LogP contribution in [0.2, 0.25) is 0 Å². The molecule has 5 heteroatoms. The van der Waals surface area contributed by atoms with Crippen molar-refractivity contribution in [1.82, 2.24) is 9.88 Å². The van der Waals surface area contributed by atoms with E-state index < -0.39 is 0 Å². The van der Waals surface area contributed by atoms with Crippen LogP contribution in [0.25, 0.3) is 10.9 Å². The Bertz CT molecular complexity index is 797. The fraction of sp³-hybridized carbons (Fsp3) is 0.500. The van der Waals surface area contributed by atoms with Gasteiger partial charge in [0.15, 0.2) is 0 Å². The van der Waals surface area contributed by atoms with Gasteiger partial charge in [-0.3, -0.25) is 9.59 Å². The van der Waals surface area contributed by atoms with E-state index in [0.29, 0.717) is 25.6 Å². The van der Waals surface area contributed by atoms with Crippen molar-refractivity contribution in [2.24, 2.45) is 5.92 Å². The van der Waals surface area contributed by atoms with Gasteiger partial charge in [0, 0.05) is 18.6 Å². The summed E-state index contributed by atoms with van der Waals surface area (Å²) in [5, 5.41) is 0.868. The summed E-state index contributed by atoms with van der Waals surface area (Å²) in [6.07, 6.45) is 3.28. The fourth-order valence-electron chi connectivity index (χ4n) is 3.31. The van der Waals surface area contributed by atoms with E-state index in [-0.39, 0.29) is 23.1 Å². The highest BCUT2D eigenvalue weighted by molar-refractivity contribution is 5.97. The van der Waals surface area contributed by atoms with Crippen LogP contribution >= 0.6 is 0 Å². The number of benzene rings is 1. The molecule has 3 rings (SSSR count). The summed E-state index contributed by atoms with van der Waals surface area (Å²) >= 11 is 0. The van der Waals surface area contributed by atoms with Crippen molar-refractivity contribution in [2.45, 2.75) is 39.2 Å². The lowest BCUT2D eigenvalue weighted by molar-refractivity contribution is -0.0260. The van der Waals surface area contributed by atoms with Crippen LogP contribution in [0.4, 0.5) is 0 Å². The minimum absolute atomic E-state index is 0.0657. The second-order valence-electron chi connectivity index (χ2n) is 7.17. The number of aromatic amines is 1. The number of hydrogen-bond donors (Lipinski definition) is 1. The number of nitrogens with zero attached hydrogens (tertiary/aromatic N) is 1. The number of carbonyl (C=O) groups is 1. The predicted octanol–water partition coefficient (Wildman–Crippen LogP) is 3.20. The van der Waals surface area contributed by atoms with Crippen molar-refractivity contribution in [2.75, 3.05) is 19.7 Å². The van der Waals surface area contributed by atoms with Gasteiger partial charge in [0.1, 0.15) is 5.56 Å². The monoisotopic (exact) mass is 342 g/mol. The molecule has 1 aliphatic rings. The summed E-state index contributed by atoms with van der Waals surface area (Å²) in [4.78, 5) is 29.7. The quantitative estimate of drug-likeness (QED) is 0.908. The van der Waals surface area contributed by atoms with Crippen LogP contribution in [0.1, 0.15) is 43.5 Å². The number of morpholine rings is 1. The zero-order valence-corrected chi connectivity index (χ0v) is 15.0. The molecule has 1 saturated heterocycles. The molecule has 1 aliphatic heterocycles. The van der Waals surface area contributed by atoms with Gasteiger partial charge < -0.3 is 14.6 Å². The first kappa shape index (κ1) is 17.7. The van der Waals surface area contributed by atoms with Gasteiger partial charge in [-0.1, -0.05) is 44.9 Å². The molecule has 0 radical (unpaired) electrons. The predicted molar refractivity (Wildman–Crippen MR) is 98.9 cm³/mol. The Morgan fingerprint density at radius 3 is 2.96 bits per heavy atom. The maximum atomic E-state index is 12.8. The first-order chi connectivity index (χ1) is 12.0. The van der Waals surface area contributed by atoms with Crippen molar-refractivity contribution in [1.29, 1.82) is 0 Å². The van der Waals surface area contributed by atoms with Gasteiger partial charge >= 0.3 is 0 Å². The van der Waals surface area contributed by atoms with E-state index >= 15 is 0 Å². The molecule has 1 fully saturated rings. The number of para-hydroxylation sites is 1. The van der Waals surface area contributed by atoms with Crippen LogP contribution in [0.5, 0.6) is 0 Å². The highest BCUT2D eigenvalue weighted by atomic mass is 16.5. The minimum Gasteiger partial charge on any atom is -0.375 e. The molecule has 0 saturated carbocycles. The molecular weight excluding hydrogens is 316 g/mol. The number of amides is 1. The van der Waals surface area contributed by atoms with Crippen LogP contribution < -0.4 is 5.56 Å². The summed E-state index contributed by atoms with van der Waals surface area (Å²) < 4.78 is 5.80. The highest BCUT2D eigenvalue weighted by Gasteiger charge is 2.26. The standard InChI is InChI=1S/C20H26N2O3/c1-14(2)6-5-8-16-13-22(10-11-25-16)20(24)17-12-15-7-3-4-9-18(15)21-19(17)23/h3-4,7,9,12,14,16H,5-6,8,10-11,13H2,1-2H3,(H,21,23)/t16-/m0/s1. The number of nitrogens with one attached hydrogen (secondary N) is 1. The van der Waals surface area contributed by atoms with Crippen molar-refractivity contribution in [3.8, 4) is 0 Å². The van der Waals surface area contributed by atoms with E-state index in [1.165, 1.54) is 0 Å². The first-order valence-corrected chi connectivity index (χ1v) is 9.07. The van der Waals surface area contributed by atoms with Crippen LogP contribution in [-0.2, 0) is 4.74 Å². The molecular formula is C20H26N2O3. The second kappa shape index (κ2) is 7.83. The number of ether oxygens (including phenoxy) is 1. The van der Waals surface area contributed by atoms with Gasteiger partial charge in [0.05, 0.1) is 12.7 Å². The van der Waals surface area contributed by atoms with Gasteiger partial charge in [-0.25, -0.2) is 0 Å². The van der Waals surface area contributed by atoms with Crippen LogP contribution in [0, 0.1) is 5.92 Å². The molecule has 5 nitrogen and oxygen atoms in total. The van der Waals surface area contributed by atoms with Gasteiger partial charge in [0.2, 0.25) is 0 Å². The van der Waals surface area contributed by atoms with Crippen molar-refractivity contribution in [3.05, 3.63) is 46.2 Å². The zero-order chi connectivity index (χ0) is 17.8. The largest absolute Gasteiger partial charge is 0.375 e. The Hall–Kier alpha value is -2.14. The smallest absolute Gasteiger partial charge is 0.261 e. The third-order valence-electron chi connectivity index (χ3n) is 4.72. The van der Waals surface area contributed by atoms with Gasteiger partial charge in [-0.2, -0.15) is 0 Å². The number of H-pyrrole nitrogens is 1. The Kier molecular flexibility index (Phi) is 5.53. The number of carbonyl (C=O) groups excluding carboxylic acids is 1. The highest BCUT2D eigenvalue weighted by Crippen LogP contribution is 2.17. The van der Waals surface area contributed by atoms with Gasteiger partial charge in [-0.05, 0) is 29.9 Å². The number of pyridine rings is 1. The Morgan fingerprint density at radius 2 is 2.16 bits per heavy atom. The molecule has 25 heavy (non-hydrogen) atoms. The maximum absolute atomic E-state index is 12.8. The number of aromatic nitrogens is 1. The summed E-state index contributed by atoms with van der Waals surface area (Å²) in [7, 11) is 0. The molecule has 0 bridgehead atoms. The first-order valence-electron chi connectivity index (χ1n) is 9.07. The topological polar surface area (TPSA) is 62.4 Å². The molecule has 2 aromatic rings. The van der Waals surface area contributed by atoms with E-state index in [4.69, 9.17) is 4.74 Å². The normalized spacial score (nSPS) is 18.0. The minimum atomic E-state index is -0.327.